The maximum Gasteiger partial charge on any atom is 0.183 e. The van der Waals surface area contributed by atoms with E-state index in [4.69, 9.17) is 4.74 Å². The summed E-state index contributed by atoms with van der Waals surface area (Å²) >= 11 is 3.32. The van der Waals surface area contributed by atoms with Crippen LogP contribution in [0.4, 0.5) is 0 Å². The Morgan fingerprint density at radius 3 is 3.42 bits per heavy atom. The van der Waals surface area contributed by atoms with Gasteiger partial charge in [0.2, 0.25) is 0 Å². The predicted octanol–water partition coefficient (Wildman–Crippen LogP) is 2.25. The van der Waals surface area contributed by atoms with Crippen LogP contribution in [0.15, 0.2) is 16.4 Å². The largest absolute Gasteiger partial charge is 0.481 e. The second-order valence-corrected chi connectivity index (χ2v) is 4.03. The highest BCUT2D eigenvalue weighted by atomic mass is 32.2. The van der Waals surface area contributed by atoms with Crippen LogP contribution in [0.25, 0.3) is 0 Å². The summed E-state index contributed by atoms with van der Waals surface area (Å²) in [4.78, 5) is 4.42. The quantitative estimate of drug-likeness (QED) is 0.639. The highest BCUT2D eigenvalue weighted by molar-refractivity contribution is 8.13. The number of hydrogen-bond acceptors (Lipinski definition) is 4. The van der Waals surface area contributed by atoms with Crippen molar-refractivity contribution in [1.29, 1.82) is 0 Å². The number of thioether (sulfide) groups is 1. The summed E-state index contributed by atoms with van der Waals surface area (Å²) in [7, 11) is 0. The van der Waals surface area contributed by atoms with Crippen molar-refractivity contribution < 1.29 is 4.74 Å². The Hall–Kier alpha value is -0.480. The maximum absolute atomic E-state index is 5.51. The zero-order chi connectivity index (χ0) is 8.39. The molecule has 0 aromatic carbocycles. The second kappa shape index (κ2) is 3.49. The van der Waals surface area contributed by atoms with E-state index in [9.17, 15) is 0 Å². The van der Waals surface area contributed by atoms with Crippen molar-refractivity contribution in [2.24, 2.45) is 4.99 Å². The van der Waals surface area contributed by atoms with Crippen LogP contribution >= 0.6 is 23.1 Å². The molecule has 0 aliphatic carbocycles. The van der Waals surface area contributed by atoms with Gasteiger partial charge in [-0.2, -0.15) is 0 Å². The molecule has 0 unspecified atom stereocenters. The zero-order valence-corrected chi connectivity index (χ0v) is 8.37. The van der Waals surface area contributed by atoms with Crippen molar-refractivity contribution in [3.05, 3.63) is 17.0 Å². The molecule has 1 aliphatic rings. The Kier molecular flexibility index (Phi) is 2.37. The van der Waals surface area contributed by atoms with Crippen LogP contribution in [0, 0.1) is 0 Å². The van der Waals surface area contributed by atoms with Gasteiger partial charge in [0.1, 0.15) is 11.7 Å². The average Bonchev–Trinajstić information content (AvgIpc) is 2.46. The monoisotopic (exact) mass is 199 g/mol. The van der Waals surface area contributed by atoms with Gasteiger partial charge in [-0.1, -0.05) is 0 Å². The summed E-state index contributed by atoms with van der Waals surface area (Å²) in [6.45, 7) is 1.48. The second-order valence-electron chi connectivity index (χ2n) is 2.36. The Morgan fingerprint density at radius 1 is 1.67 bits per heavy atom. The Balaban J connectivity index is 2.42. The Bertz CT molecular complexity index is 306. The number of ether oxygens (including phenoxy) is 1. The van der Waals surface area contributed by atoms with E-state index in [0.717, 1.165) is 22.2 Å². The van der Waals surface area contributed by atoms with E-state index in [0.29, 0.717) is 6.61 Å². The molecule has 0 radical (unpaired) electrons. The lowest BCUT2D eigenvalue weighted by Crippen LogP contribution is -1.96. The van der Waals surface area contributed by atoms with Gasteiger partial charge in [-0.25, -0.2) is 0 Å². The molecule has 1 aromatic heterocycles. The first kappa shape index (κ1) is 8.13. The van der Waals surface area contributed by atoms with Crippen molar-refractivity contribution >= 4 is 28.1 Å². The summed E-state index contributed by atoms with van der Waals surface area (Å²) in [5, 5.41) is 4.16. The SMILES string of the molecule is CSC1=NCCOc2sccc21. The molecule has 64 valence electrons. The molecule has 0 N–H and O–H groups in total. The number of fused-ring (bicyclic) bond motifs is 1. The van der Waals surface area contributed by atoms with Crippen LogP contribution in [-0.4, -0.2) is 24.5 Å². The lowest BCUT2D eigenvalue weighted by atomic mass is 10.3. The lowest BCUT2D eigenvalue weighted by Gasteiger charge is -1.99. The van der Waals surface area contributed by atoms with Gasteiger partial charge in [0.15, 0.2) is 5.06 Å². The van der Waals surface area contributed by atoms with Crippen molar-refractivity contribution in [3.8, 4) is 5.06 Å². The van der Waals surface area contributed by atoms with E-state index in [1.807, 2.05) is 11.6 Å². The molecular weight excluding hydrogens is 190 g/mol. The third-order valence-corrected chi connectivity index (χ3v) is 3.19. The van der Waals surface area contributed by atoms with E-state index in [1.165, 1.54) is 0 Å². The van der Waals surface area contributed by atoms with E-state index < -0.39 is 0 Å². The molecule has 2 rings (SSSR count). The van der Waals surface area contributed by atoms with Crippen LogP contribution in [0.5, 0.6) is 5.06 Å². The summed E-state index contributed by atoms with van der Waals surface area (Å²) in [5.41, 5.74) is 1.16. The first-order valence-electron chi connectivity index (χ1n) is 3.71. The molecule has 2 nitrogen and oxygen atoms in total. The van der Waals surface area contributed by atoms with Crippen LogP contribution in [0.2, 0.25) is 0 Å². The van der Waals surface area contributed by atoms with Gasteiger partial charge >= 0.3 is 0 Å². The van der Waals surface area contributed by atoms with Gasteiger partial charge in [-0.3, -0.25) is 4.99 Å². The first-order valence-corrected chi connectivity index (χ1v) is 5.81. The molecule has 0 fully saturated rings. The van der Waals surface area contributed by atoms with E-state index in [-0.39, 0.29) is 0 Å². The fourth-order valence-corrected chi connectivity index (χ4v) is 2.55. The molecule has 0 atom stereocenters. The smallest absolute Gasteiger partial charge is 0.183 e. The zero-order valence-electron chi connectivity index (χ0n) is 6.74. The van der Waals surface area contributed by atoms with Crippen LogP contribution in [0.1, 0.15) is 5.56 Å². The van der Waals surface area contributed by atoms with Crippen LogP contribution in [-0.2, 0) is 0 Å². The van der Waals surface area contributed by atoms with Crippen molar-refractivity contribution in [2.75, 3.05) is 19.4 Å². The molecule has 1 aromatic rings. The fourth-order valence-electron chi connectivity index (χ4n) is 1.11. The van der Waals surface area contributed by atoms with Crippen molar-refractivity contribution in [2.45, 2.75) is 0 Å². The molecule has 0 saturated carbocycles. The highest BCUT2D eigenvalue weighted by Gasteiger charge is 2.13. The standard InChI is InChI=1S/C8H9NOS2/c1-11-7-6-2-5-12-8(6)10-4-3-9-7/h2,5H,3-4H2,1H3. The van der Waals surface area contributed by atoms with E-state index >= 15 is 0 Å². The van der Waals surface area contributed by atoms with Gasteiger partial charge in [0, 0.05) is 0 Å². The predicted molar refractivity (Wildman–Crippen MR) is 54.7 cm³/mol. The van der Waals surface area contributed by atoms with E-state index in [2.05, 4.69) is 11.1 Å². The molecule has 12 heavy (non-hydrogen) atoms. The minimum atomic E-state index is 0.706. The van der Waals surface area contributed by atoms with Gasteiger partial charge in [0.05, 0.1) is 12.1 Å². The molecule has 0 spiro atoms. The average molecular weight is 199 g/mol. The number of hydrogen-bond donors (Lipinski definition) is 0. The fraction of sp³-hybridized carbons (Fsp3) is 0.375. The Labute approximate surface area is 79.7 Å². The first-order chi connectivity index (χ1) is 5.92. The molecule has 0 saturated heterocycles. The molecule has 4 heteroatoms. The maximum atomic E-state index is 5.51. The van der Waals surface area contributed by atoms with Crippen LogP contribution < -0.4 is 4.74 Å². The topological polar surface area (TPSA) is 21.6 Å². The van der Waals surface area contributed by atoms with Gasteiger partial charge in [-0.15, -0.1) is 23.1 Å². The molecule has 0 bridgehead atoms. The molecule has 0 amide bonds. The van der Waals surface area contributed by atoms with Crippen molar-refractivity contribution in [3.63, 3.8) is 0 Å². The molecular formula is C8H9NOS2. The van der Waals surface area contributed by atoms with Gasteiger partial charge in [-0.05, 0) is 17.7 Å². The highest BCUT2D eigenvalue weighted by Crippen LogP contribution is 2.30. The van der Waals surface area contributed by atoms with Gasteiger partial charge in [0.25, 0.3) is 0 Å². The van der Waals surface area contributed by atoms with E-state index in [1.54, 1.807) is 23.1 Å². The minimum Gasteiger partial charge on any atom is -0.481 e. The Morgan fingerprint density at radius 2 is 2.58 bits per heavy atom. The summed E-state index contributed by atoms with van der Waals surface area (Å²) in [6.07, 6.45) is 2.05. The number of nitrogens with zero attached hydrogens (tertiary/aromatic N) is 1. The summed E-state index contributed by atoms with van der Waals surface area (Å²) in [6, 6.07) is 2.07. The van der Waals surface area contributed by atoms with Crippen LogP contribution in [0.3, 0.4) is 0 Å². The molecule has 1 aliphatic heterocycles. The molecule has 2 heterocycles. The summed E-state index contributed by atoms with van der Waals surface area (Å²) < 4.78 is 5.51. The number of rotatable bonds is 0. The normalized spacial score (nSPS) is 15.9. The third kappa shape index (κ3) is 1.36. The van der Waals surface area contributed by atoms with Gasteiger partial charge < -0.3 is 4.74 Å². The number of thiophene rings is 1. The number of aliphatic imine (C=N–C) groups is 1. The lowest BCUT2D eigenvalue weighted by molar-refractivity contribution is 0.341. The minimum absolute atomic E-state index is 0.706. The van der Waals surface area contributed by atoms with Crippen molar-refractivity contribution in [1.82, 2.24) is 0 Å². The summed E-state index contributed by atoms with van der Waals surface area (Å²) in [5.74, 6) is 0. The third-order valence-electron chi connectivity index (χ3n) is 1.63.